The van der Waals surface area contributed by atoms with Crippen molar-refractivity contribution in [3.63, 3.8) is 0 Å². The van der Waals surface area contributed by atoms with E-state index in [4.69, 9.17) is 18.7 Å². The number of fused-ring (bicyclic) bond motifs is 2. The van der Waals surface area contributed by atoms with E-state index >= 15 is 0 Å². The number of nitrogens with zero attached hydrogens (tertiary/aromatic N) is 3. The lowest BCUT2D eigenvalue weighted by Crippen LogP contribution is -2.22. The minimum atomic E-state index is -0.451. The van der Waals surface area contributed by atoms with Crippen LogP contribution in [0.3, 0.4) is 0 Å². The fraction of sp³-hybridized carbons (Fsp3) is 0.182. The van der Waals surface area contributed by atoms with E-state index in [-0.39, 0.29) is 31.9 Å². The second-order valence-electron chi connectivity index (χ2n) is 6.92. The molecule has 4 aromatic rings. The topological polar surface area (TPSA) is 106 Å². The van der Waals surface area contributed by atoms with Crippen LogP contribution in [0.2, 0.25) is 0 Å². The van der Waals surface area contributed by atoms with Crippen LogP contribution in [-0.4, -0.2) is 27.5 Å². The first-order valence-electron chi connectivity index (χ1n) is 9.63. The summed E-state index contributed by atoms with van der Waals surface area (Å²) in [6.07, 6.45) is 1.47. The largest absolute Gasteiger partial charge is 0.459 e. The van der Waals surface area contributed by atoms with Crippen molar-refractivity contribution in [2.24, 2.45) is 0 Å². The van der Waals surface area contributed by atoms with Crippen molar-refractivity contribution in [2.75, 3.05) is 6.79 Å². The number of carbonyl (C=O) groups excluding carboxylic acids is 1. The first-order chi connectivity index (χ1) is 15.2. The number of carbonyl (C=O) groups is 1. The molecule has 3 heterocycles. The molecule has 0 fully saturated rings. The van der Waals surface area contributed by atoms with E-state index in [1.54, 1.807) is 36.4 Å². The predicted octanol–water partition coefficient (Wildman–Crippen LogP) is 2.91. The second-order valence-corrected chi connectivity index (χ2v) is 6.92. The molecular formula is C22H17N3O6. The zero-order valence-electron chi connectivity index (χ0n) is 16.3. The van der Waals surface area contributed by atoms with Crippen LogP contribution in [0.1, 0.15) is 12.1 Å². The maximum Gasteiger partial charge on any atom is 0.307 e. The maximum absolute atomic E-state index is 12.5. The maximum atomic E-state index is 12.5. The predicted molar refractivity (Wildman–Crippen MR) is 108 cm³/mol. The van der Waals surface area contributed by atoms with E-state index in [0.29, 0.717) is 33.9 Å². The lowest BCUT2D eigenvalue weighted by molar-refractivity contribution is -0.145. The number of hydrogen-bond donors (Lipinski definition) is 0. The molecule has 1 aliphatic heterocycles. The molecule has 0 aliphatic carbocycles. The van der Waals surface area contributed by atoms with Crippen LogP contribution in [-0.2, 0) is 22.7 Å². The summed E-state index contributed by atoms with van der Waals surface area (Å²) in [7, 11) is 0. The van der Waals surface area contributed by atoms with Crippen LogP contribution in [0, 0.1) is 0 Å². The summed E-state index contributed by atoms with van der Waals surface area (Å²) < 4.78 is 22.6. The lowest BCUT2D eigenvalue weighted by Gasteiger charge is -2.06. The molecule has 31 heavy (non-hydrogen) atoms. The highest BCUT2D eigenvalue weighted by Crippen LogP contribution is 2.36. The molecule has 5 rings (SSSR count). The van der Waals surface area contributed by atoms with Gasteiger partial charge in [-0.2, -0.15) is 0 Å². The van der Waals surface area contributed by atoms with Gasteiger partial charge in [-0.1, -0.05) is 17.3 Å². The van der Waals surface area contributed by atoms with E-state index < -0.39 is 5.97 Å². The highest BCUT2D eigenvalue weighted by molar-refractivity contribution is 5.77. The van der Waals surface area contributed by atoms with Crippen molar-refractivity contribution >= 4 is 16.9 Å². The smallest absolute Gasteiger partial charge is 0.307 e. The van der Waals surface area contributed by atoms with Gasteiger partial charge in [-0.25, -0.2) is 4.98 Å². The molecule has 2 aromatic carbocycles. The average Bonchev–Trinajstić information content (AvgIpc) is 3.46. The van der Waals surface area contributed by atoms with Gasteiger partial charge in [-0.15, -0.1) is 0 Å². The van der Waals surface area contributed by atoms with Crippen molar-refractivity contribution in [1.82, 2.24) is 14.7 Å². The SMILES string of the molecule is O=C(CCn1cnc2ccccc2c1=O)OCc1cc(-c2ccc3c(c2)OCO3)on1. The van der Waals surface area contributed by atoms with Crippen LogP contribution in [0.25, 0.3) is 22.2 Å². The number of benzene rings is 2. The van der Waals surface area contributed by atoms with Crippen molar-refractivity contribution < 1.29 is 23.5 Å². The summed E-state index contributed by atoms with van der Waals surface area (Å²) >= 11 is 0. The first kappa shape index (κ1) is 18.9. The number of ether oxygens (including phenoxy) is 3. The Morgan fingerprint density at radius 3 is 2.90 bits per heavy atom. The molecule has 0 bridgehead atoms. The quantitative estimate of drug-likeness (QED) is 0.439. The molecule has 1 aliphatic rings. The zero-order valence-corrected chi connectivity index (χ0v) is 16.3. The Balaban J connectivity index is 1.18. The van der Waals surface area contributed by atoms with Gasteiger partial charge in [0.2, 0.25) is 6.79 Å². The van der Waals surface area contributed by atoms with Gasteiger partial charge in [0.25, 0.3) is 5.56 Å². The zero-order chi connectivity index (χ0) is 21.2. The van der Waals surface area contributed by atoms with E-state index in [1.807, 2.05) is 12.1 Å². The highest BCUT2D eigenvalue weighted by Gasteiger charge is 2.16. The summed E-state index contributed by atoms with van der Waals surface area (Å²) in [5, 5.41) is 4.45. The van der Waals surface area contributed by atoms with E-state index in [0.717, 1.165) is 5.56 Å². The third-order valence-electron chi connectivity index (χ3n) is 4.89. The molecule has 156 valence electrons. The van der Waals surface area contributed by atoms with Gasteiger partial charge < -0.3 is 18.7 Å². The molecule has 0 atom stereocenters. The number of rotatable bonds is 6. The van der Waals surface area contributed by atoms with Crippen molar-refractivity contribution in [3.8, 4) is 22.8 Å². The second kappa shape index (κ2) is 7.94. The highest BCUT2D eigenvalue weighted by atomic mass is 16.7. The molecule has 0 amide bonds. The van der Waals surface area contributed by atoms with Gasteiger partial charge in [-0.05, 0) is 30.3 Å². The van der Waals surface area contributed by atoms with Gasteiger partial charge >= 0.3 is 5.97 Å². The van der Waals surface area contributed by atoms with Crippen molar-refractivity contribution in [3.05, 3.63) is 70.9 Å². The van der Waals surface area contributed by atoms with Crippen LogP contribution in [0.4, 0.5) is 0 Å². The number of aromatic nitrogens is 3. The Labute approximate surface area is 175 Å². The Hall–Kier alpha value is -4.14. The average molecular weight is 419 g/mol. The standard InChI is InChI=1S/C22H17N3O6/c26-21(7-8-25-12-23-17-4-2-1-3-16(17)22(25)27)28-11-15-10-19(31-24-15)14-5-6-18-20(9-14)30-13-29-18/h1-6,9-10,12H,7-8,11,13H2. The van der Waals surface area contributed by atoms with E-state index in [9.17, 15) is 9.59 Å². The summed E-state index contributed by atoms with van der Waals surface area (Å²) in [6.45, 7) is 0.340. The fourth-order valence-corrected chi connectivity index (χ4v) is 3.27. The van der Waals surface area contributed by atoms with E-state index in [1.165, 1.54) is 10.9 Å². The van der Waals surface area contributed by atoms with Crippen LogP contribution in [0.5, 0.6) is 11.5 Å². The molecule has 2 aromatic heterocycles. The van der Waals surface area contributed by atoms with Crippen LogP contribution < -0.4 is 15.0 Å². The van der Waals surface area contributed by atoms with Gasteiger partial charge in [-0.3, -0.25) is 14.2 Å². The molecule has 0 saturated carbocycles. The minimum absolute atomic E-state index is 0.0300. The molecule has 9 heteroatoms. The summed E-state index contributed by atoms with van der Waals surface area (Å²) in [5.74, 6) is 1.39. The van der Waals surface area contributed by atoms with Crippen LogP contribution in [0.15, 0.2) is 64.2 Å². The van der Waals surface area contributed by atoms with Gasteiger partial charge in [0.05, 0.1) is 23.7 Å². The number of aryl methyl sites for hydroxylation is 1. The molecule has 0 spiro atoms. The number of para-hydroxylation sites is 1. The van der Waals surface area contributed by atoms with Crippen LogP contribution >= 0.6 is 0 Å². The lowest BCUT2D eigenvalue weighted by atomic mass is 10.1. The number of esters is 1. The molecule has 0 saturated heterocycles. The number of hydrogen-bond acceptors (Lipinski definition) is 8. The normalized spacial score (nSPS) is 12.3. The summed E-state index contributed by atoms with van der Waals surface area (Å²) in [5.41, 5.74) is 1.68. The molecular weight excluding hydrogens is 402 g/mol. The Kier molecular flexibility index (Phi) is 4.83. The third kappa shape index (κ3) is 3.85. The Bertz CT molecular complexity index is 1330. The molecule has 0 radical (unpaired) electrons. The third-order valence-corrected chi connectivity index (χ3v) is 4.89. The van der Waals surface area contributed by atoms with Gasteiger partial charge in [0.15, 0.2) is 17.3 Å². The van der Waals surface area contributed by atoms with Crippen molar-refractivity contribution in [2.45, 2.75) is 19.6 Å². The molecule has 0 N–H and O–H groups in total. The molecule has 9 nitrogen and oxygen atoms in total. The first-order valence-corrected chi connectivity index (χ1v) is 9.63. The minimum Gasteiger partial charge on any atom is -0.459 e. The Morgan fingerprint density at radius 1 is 1.10 bits per heavy atom. The van der Waals surface area contributed by atoms with Gasteiger partial charge in [0.1, 0.15) is 12.3 Å². The Morgan fingerprint density at radius 2 is 1.97 bits per heavy atom. The van der Waals surface area contributed by atoms with Gasteiger partial charge in [0, 0.05) is 18.2 Å². The monoisotopic (exact) mass is 419 g/mol. The fourth-order valence-electron chi connectivity index (χ4n) is 3.27. The molecule has 0 unspecified atom stereocenters. The van der Waals surface area contributed by atoms with E-state index in [2.05, 4.69) is 10.1 Å². The summed E-state index contributed by atoms with van der Waals surface area (Å²) in [6, 6.07) is 14.2. The summed E-state index contributed by atoms with van der Waals surface area (Å²) in [4.78, 5) is 28.8. The van der Waals surface area contributed by atoms with Crippen molar-refractivity contribution in [1.29, 1.82) is 0 Å².